The Balaban J connectivity index is 1.50. The van der Waals surface area contributed by atoms with E-state index in [0.29, 0.717) is 18.5 Å². The van der Waals surface area contributed by atoms with E-state index in [0.717, 1.165) is 26.1 Å². The van der Waals surface area contributed by atoms with Crippen LogP contribution in [0.15, 0.2) is 30.3 Å². The molecule has 2 amide bonds. The first-order chi connectivity index (χ1) is 11.0. The zero-order valence-corrected chi connectivity index (χ0v) is 13.5. The fourth-order valence-corrected chi connectivity index (χ4v) is 3.54. The monoisotopic (exact) mass is 314 g/mol. The molecule has 0 spiro atoms. The number of fused-ring (bicyclic) bond motifs is 2. The third-order valence-corrected chi connectivity index (χ3v) is 5.00. The van der Waals surface area contributed by atoms with Gasteiger partial charge in [0.25, 0.3) is 0 Å². The van der Waals surface area contributed by atoms with Gasteiger partial charge in [0.2, 0.25) is 11.8 Å². The number of nitrogens with two attached hydrogens (primary N) is 1. The number of likely N-dealkylation sites (tertiary alicyclic amines) is 2. The molecule has 2 heterocycles. The Bertz CT molecular complexity index is 575. The summed E-state index contributed by atoms with van der Waals surface area (Å²) in [7, 11) is 0. The number of piperazine rings is 1. The smallest absolute Gasteiger partial charge is 0.226 e. The van der Waals surface area contributed by atoms with Gasteiger partial charge in [-0.05, 0) is 18.4 Å². The first kappa shape index (κ1) is 16.0. The molecule has 0 saturated carbocycles. The predicted octanol–water partition coefficient (Wildman–Crippen LogP) is 1.19. The van der Waals surface area contributed by atoms with Gasteiger partial charge in [-0.15, -0.1) is 0 Å². The van der Waals surface area contributed by atoms with Gasteiger partial charge in [0.05, 0.1) is 6.42 Å². The number of hydrogen-bond acceptors (Lipinski definition) is 3. The molecule has 2 N–H and O–H groups in total. The van der Waals surface area contributed by atoms with E-state index in [4.69, 9.17) is 5.73 Å². The van der Waals surface area contributed by atoms with Crippen LogP contribution < -0.4 is 5.73 Å². The molecule has 0 aromatic heterocycles. The number of benzene rings is 1. The largest absolute Gasteiger partial charge is 0.369 e. The molecule has 2 bridgehead atoms. The van der Waals surface area contributed by atoms with Gasteiger partial charge >= 0.3 is 0 Å². The zero-order valence-electron chi connectivity index (χ0n) is 13.5. The van der Waals surface area contributed by atoms with Crippen LogP contribution in [0.1, 0.15) is 25.3 Å². The lowest BCUT2D eigenvalue weighted by atomic mass is 10.0. The molecule has 3 atom stereocenters. The molecule has 23 heavy (non-hydrogen) atoms. The minimum Gasteiger partial charge on any atom is -0.369 e. The minimum atomic E-state index is -0.356. The van der Waals surface area contributed by atoms with Crippen LogP contribution in [0.2, 0.25) is 0 Å². The lowest BCUT2D eigenvalue weighted by Crippen LogP contribution is -2.48. The average Bonchev–Trinajstić information content (AvgIpc) is 3.13. The van der Waals surface area contributed by atoms with Gasteiger partial charge in [-0.2, -0.15) is 0 Å². The number of carbonyl (C=O) groups excluding carboxylic acids is 2. The van der Waals surface area contributed by atoms with E-state index in [-0.39, 0.29) is 17.7 Å². The van der Waals surface area contributed by atoms with Crippen molar-refractivity contribution in [3.8, 4) is 0 Å². The van der Waals surface area contributed by atoms with Gasteiger partial charge in [-0.25, -0.2) is 0 Å². The second kappa shape index (κ2) is 6.71. The summed E-state index contributed by atoms with van der Waals surface area (Å²) in [6.45, 7) is 4.43. The molecule has 1 radical (unpaired) electrons. The van der Waals surface area contributed by atoms with Gasteiger partial charge in [0.1, 0.15) is 0 Å². The summed E-state index contributed by atoms with van der Waals surface area (Å²) in [5.41, 5.74) is 6.56. The number of primary amides is 1. The average molecular weight is 314 g/mol. The van der Waals surface area contributed by atoms with E-state index in [2.05, 4.69) is 29.2 Å². The van der Waals surface area contributed by atoms with Crippen LogP contribution in [0.3, 0.4) is 0 Å². The van der Waals surface area contributed by atoms with Gasteiger partial charge in [0.15, 0.2) is 0 Å². The van der Waals surface area contributed by atoms with E-state index in [1.54, 1.807) is 13.3 Å². The summed E-state index contributed by atoms with van der Waals surface area (Å²) in [6.07, 6.45) is 3.10. The molecule has 1 aromatic carbocycles. The fraction of sp³-hybridized carbons (Fsp3) is 0.500. The SMILES string of the molecule is C[C@@H](C[CH]C(=O)N1C[C@H]2C[C@@H]1CN2Cc1ccccc1)C(N)=O. The quantitative estimate of drug-likeness (QED) is 0.857. The maximum Gasteiger partial charge on any atom is 0.226 e. The summed E-state index contributed by atoms with van der Waals surface area (Å²) < 4.78 is 0. The first-order valence-electron chi connectivity index (χ1n) is 8.25. The van der Waals surface area contributed by atoms with Crippen molar-refractivity contribution in [2.24, 2.45) is 11.7 Å². The highest BCUT2D eigenvalue weighted by atomic mass is 16.2. The molecule has 5 heteroatoms. The van der Waals surface area contributed by atoms with E-state index < -0.39 is 0 Å². The van der Waals surface area contributed by atoms with Crippen LogP contribution in [0, 0.1) is 12.3 Å². The zero-order chi connectivity index (χ0) is 16.4. The van der Waals surface area contributed by atoms with Crippen LogP contribution in [0.4, 0.5) is 0 Å². The van der Waals surface area contributed by atoms with Crippen molar-refractivity contribution in [1.82, 2.24) is 9.80 Å². The molecule has 2 fully saturated rings. The number of nitrogens with zero attached hydrogens (tertiary/aromatic N) is 2. The summed E-state index contributed by atoms with van der Waals surface area (Å²) in [4.78, 5) is 27.8. The lowest BCUT2D eigenvalue weighted by molar-refractivity contribution is -0.130. The van der Waals surface area contributed by atoms with E-state index in [1.807, 2.05) is 11.0 Å². The highest BCUT2D eigenvalue weighted by molar-refractivity contribution is 5.86. The van der Waals surface area contributed by atoms with Crippen molar-refractivity contribution < 1.29 is 9.59 Å². The second-order valence-corrected chi connectivity index (χ2v) is 6.69. The molecule has 2 aliphatic rings. The van der Waals surface area contributed by atoms with Crippen LogP contribution in [-0.4, -0.2) is 46.8 Å². The van der Waals surface area contributed by atoms with Crippen molar-refractivity contribution in [3.63, 3.8) is 0 Å². The molecule has 5 nitrogen and oxygen atoms in total. The number of rotatable bonds is 6. The van der Waals surface area contributed by atoms with Crippen LogP contribution in [-0.2, 0) is 16.1 Å². The number of hydrogen-bond donors (Lipinski definition) is 1. The van der Waals surface area contributed by atoms with Crippen molar-refractivity contribution >= 4 is 11.8 Å². The topological polar surface area (TPSA) is 66.6 Å². The van der Waals surface area contributed by atoms with Crippen LogP contribution >= 0.6 is 0 Å². The maximum absolute atomic E-state index is 12.3. The maximum atomic E-state index is 12.3. The van der Waals surface area contributed by atoms with Crippen LogP contribution in [0.5, 0.6) is 0 Å². The summed E-state index contributed by atoms with van der Waals surface area (Å²) >= 11 is 0. The van der Waals surface area contributed by atoms with Gasteiger partial charge in [-0.1, -0.05) is 37.3 Å². The summed E-state index contributed by atoms with van der Waals surface area (Å²) in [5, 5.41) is 0. The van der Waals surface area contributed by atoms with Gasteiger partial charge in [-0.3, -0.25) is 14.5 Å². The molecule has 123 valence electrons. The summed E-state index contributed by atoms with van der Waals surface area (Å²) in [6, 6.07) is 11.2. The fourth-order valence-electron chi connectivity index (χ4n) is 3.54. The van der Waals surface area contributed by atoms with E-state index in [1.165, 1.54) is 5.56 Å². The minimum absolute atomic E-state index is 0.0463. The molecular weight excluding hydrogens is 290 g/mol. The lowest BCUT2D eigenvalue weighted by Gasteiger charge is -2.34. The normalized spacial score (nSPS) is 24.8. The van der Waals surface area contributed by atoms with Crippen molar-refractivity contribution in [1.29, 1.82) is 0 Å². The molecule has 2 saturated heterocycles. The van der Waals surface area contributed by atoms with Gasteiger partial charge < -0.3 is 10.6 Å². The molecule has 0 unspecified atom stereocenters. The Morgan fingerprint density at radius 2 is 2.00 bits per heavy atom. The molecule has 1 aromatic rings. The Morgan fingerprint density at radius 3 is 2.61 bits per heavy atom. The molecular formula is C18H24N3O2. The highest BCUT2D eigenvalue weighted by Crippen LogP contribution is 2.32. The predicted molar refractivity (Wildman–Crippen MR) is 88.0 cm³/mol. The Morgan fingerprint density at radius 1 is 1.26 bits per heavy atom. The first-order valence-corrected chi connectivity index (χ1v) is 8.25. The molecule has 0 aliphatic carbocycles. The Hall–Kier alpha value is -1.88. The van der Waals surface area contributed by atoms with Crippen molar-refractivity contribution in [2.75, 3.05) is 13.1 Å². The Kier molecular flexibility index (Phi) is 4.66. The van der Waals surface area contributed by atoms with Crippen molar-refractivity contribution in [3.05, 3.63) is 42.3 Å². The number of carbonyl (C=O) groups is 2. The molecule has 2 aliphatic heterocycles. The van der Waals surface area contributed by atoms with Crippen LogP contribution in [0.25, 0.3) is 0 Å². The third kappa shape index (κ3) is 3.55. The third-order valence-electron chi connectivity index (χ3n) is 5.00. The van der Waals surface area contributed by atoms with Gasteiger partial charge in [0, 0.05) is 37.6 Å². The summed E-state index contributed by atoms with van der Waals surface area (Å²) in [5.74, 6) is -0.593. The van der Waals surface area contributed by atoms with Crippen molar-refractivity contribution in [2.45, 2.75) is 38.4 Å². The Labute approximate surface area is 137 Å². The highest BCUT2D eigenvalue weighted by Gasteiger charge is 2.44. The van der Waals surface area contributed by atoms with E-state index >= 15 is 0 Å². The standard InChI is InChI=1S/C18H24N3O2/c1-13(18(19)23)7-8-17(22)21-12-15-9-16(21)11-20(15)10-14-5-3-2-4-6-14/h2-6,8,13,15-16H,7,9-12H2,1H3,(H2,19,23)/t13-,15+,16+/m0/s1. The molecule has 3 rings (SSSR count). The second-order valence-electron chi connectivity index (χ2n) is 6.69. The number of amides is 2. The van der Waals surface area contributed by atoms with E-state index in [9.17, 15) is 9.59 Å².